The maximum atomic E-state index is 4.56. The Morgan fingerprint density at radius 2 is 2.21 bits per heavy atom. The van der Waals surface area contributed by atoms with Crippen LogP contribution in [0.15, 0.2) is 21.3 Å². The fourth-order valence-corrected chi connectivity index (χ4v) is 3.70. The molecule has 1 unspecified atom stereocenters. The molecule has 0 radical (unpaired) electrons. The molecular formula is C14H20BrN3S. The minimum Gasteiger partial charge on any atom is -0.305 e. The molecule has 1 atom stereocenters. The standard InChI is InChI=1S/C14H20BrN3S/c1-4-6-16-14(11-8-19-9-12(11)15)13-7-10(5-2)17-18(13)3/h7-9,14,16H,4-6H2,1-3H3. The number of hydrogen-bond acceptors (Lipinski definition) is 3. The van der Waals surface area contributed by atoms with Crippen LogP contribution < -0.4 is 5.32 Å². The summed E-state index contributed by atoms with van der Waals surface area (Å²) in [5.41, 5.74) is 3.67. The van der Waals surface area contributed by atoms with Gasteiger partial charge in [0.15, 0.2) is 0 Å². The molecule has 0 fully saturated rings. The van der Waals surface area contributed by atoms with Crippen LogP contribution >= 0.6 is 27.3 Å². The summed E-state index contributed by atoms with van der Waals surface area (Å²) in [5.74, 6) is 0. The van der Waals surface area contributed by atoms with Crippen LogP contribution in [0.5, 0.6) is 0 Å². The Kier molecular flexibility index (Phi) is 5.19. The van der Waals surface area contributed by atoms with E-state index >= 15 is 0 Å². The van der Waals surface area contributed by atoms with Gasteiger partial charge in [-0.1, -0.05) is 13.8 Å². The predicted molar refractivity (Wildman–Crippen MR) is 84.7 cm³/mol. The first kappa shape index (κ1) is 14.8. The Morgan fingerprint density at radius 1 is 1.42 bits per heavy atom. The number of aryl methyl sites for hydroxylation is 2. The third-order valence-corrected chi connectivity index (χ3v) is 4.93. The lowest BCUT2D eigenvalue weighted by Gasteiger charge is -2.18. The lowest BCUT2D eigenvalue weighted by atomic mass is 10.1. The highest BCUT2D eigenvalue weighted by atomic mass is 79.9. The molecule has 0 saturated carbocycles. The van der Waals surface area contributed by atoms with E-state index in [0.717, 1.165) is 25.1 Å². The van der Waals surface area contributed by atoms with Crippen LogP contribution in [-0.4, -0.2) is 16.3 Å². The lowest BCUT2D eigenvalue weighted by molar-refractivity contribution is 0.552. The van der Waals surface area contributed by atoms with Crippen molar-refractivity contribution in [3.05, 3.63) is 38.3 Å². The molecular weight excluding hydrogens is 322 g/mol. The maximum Gasteiger partial charge on any atom is 0.0767 e. The van der Waals surface area contributed by atoms with Crippen molar-refractivity contribution in [2.75, 3.05) is 6.54 Å². The van der Waals surface area contributed by atoms with Gasteiger partial charge in [-0.25, -0.2) is 0 Å². The monoisotopic (exact) mass is 341 g/mol. The van der Waals surface area contributed by atoms with Crippen molar-refractivity contribution in [1.82, 2.24) is 15.1 Å². The molecule has 2 aromatic heterocycles. The summed E-state index contributed by atoms with van der Waals surface area (Å²) in [4.78, 5) is 0. The van der Waals surface area contributed by atoms with Crippen LogP contribution in [0.3, 0.4) is 0 Å². The fourth-order valence-electron chi connectivity index (χ4n) is 2.15. The summed E-state index contributed by atoms with van der Waals surface area (Å²) in [6.07, 6.45) is 2.09. The van der Waals surface area contributed by atoms with Gasteiger partial charge in [0.1, 0.15) is 0 Å². The Labute approximate surface area is 127 Å². The average Bonchev–Trinajstić information content (AvgIpc) is 2.98. The first-order valence-electron chi connectivity index (χ1n) is 6.65. The molecule has 3 nitrogen and oxygen atoms in total. The van der Waals surface area contributed by atoms with Gasteiger partial charge in [0.25, 0.3) is 0 Å². The van der Waals surface area contributed by atoms with Crippen LogP contribution in [0.1, 0.15) is 43.3 Å². The predicted octanol–water partition coefficient (Wildman–Crippen LogP) is 3.90. The van der Waals surface area contributed by atoms with Gasteiger partial charge in [0, 0.05) is 16.9 Å². The zero-order valence-corrected chi connectivity index (χ0v) is 14.0. The molecule has 5 heteroatoms. The second-order valence-corrected chi connectivity index (χ2v) is 6.20. The number of hydrogen-bond donors (Lipinski definition) is 1. The molecule has 0 aliphatic carbocycles. The van der Waals surface area contributed by atoms with Crippen molar-refractivity contribution >= 4 is 27.3 Å². The topological polar surface area (TPSA) is 29.9 Å². The Bertz CT molecular complexity index is 533. The first-order chi connectivity index (χ1) is 9.17. The number of nitrogens with one attached hydrogen (secondary N) is 1. The summed E-state index contributed by atoms with van der Waals surface area (Å²) >= 11 is 5.37. The molecule has 0 bridgehead atoms. The molecule has 0 saturated heterocycles. The van der Waals surface area contributed by atoms with Crippen molar-refractivity contribution in [2.45, 2.75) is 32.7 Å². The molecule has 104 valence electrons. The van der Waals surface area contributed by atoms with Gasteiger partial charge in [-0.15, -0.1) is 0 Å². The normalized spacial score (nSPS) is 12.8. The van der Waals surface area contributed by atoms with Gasteiger partial charge in [0.05, 0.1) is 17.4 Å². The van der Waals surface area contributed by atoms with Gasteiger partial charge < -0.3 is 5.32 Å². The molecule has 0 aliphatic rings. The van der Waals surface area contributed by atoms with Crippen molar-refractivity contribution in [1.29, 1.82) is 0 Å². The van der Waals surface area contributed by atoms with Crippen molar-refractivity contribution in [3.8, 4) is 0 Å². The summed E-state index contributed by atoms with van der Waals surface area (Å²) in [7, 11) is 2.02. The van der Waals surface area contributed by atoms with Gasteiger partial charge >= 0.3 is 0 Å². The fraction of sp³-hybridized carbons (Fsp3) is 0.500. The van der Waals surface area contributed by atoms with Crippen molar-refractivity contribution in [2.24, 2.45) is 7.05 Å². The van der Waals surface area contributed by atoms with Gasteiger partial charge in [-0.2, -0.15) is 16.4 Å². The van der Waals surface area contributed by atoms with E-state index in [9.17, 15) is 0 Å². The molecule has 19 heavy (non-hydrogen) atoms. The third kappa shape index (κ3) is 3.27. The molecule has 2 rings (SSSR count). The second-order valence-electron chi connectivity index (χ2n) is 4.60. The van der Waals surface area contributed by atoms with E-state index in [-0.39, 0.29) is 6.04 Å². The highest BCUT2D eigenvalue weighted by molar-refractivity contribution is 9.10. The summed E-state index contributed by atoms with van der Waals surface area (Å²) in [5, 5.41) is 12.5. The molecule has 0 aromatic carbocycles. The number of halogens is 1. The summed E-state index contributed by atoms with van der Waals surface area (Å²) < 4.78 is 3.17. The van der Waals surface area contributed by atoms with E-state index in [1.807, 2.05) is 11.7 Å². The minimum atomic E-state index is 0.207. The first-order valence-corrected chi connectivity index (χ1v) is 8.38. The molecule has 2 heterocycles. The number of rotatable bonds is 6. The quantitative estimate of drug-likeness (QED) is 0.863. The molecule has 0 amide bonds. The Hall–Kier alpha value is -0.650. The van der Waals surface area contributed by atoms with Crippen LogP contribution in [-0.2, 0) is 13.5 Å². The molecule has 0 spiro atoms. The zero-order chi connectivity index (χ0) is 13.8. The smallest absolute Gasteiger partial charge is 0.0767 e. The highest BCUT2D eigenvalue weighted by Gasteiger charge is 2.20. The van der Waals surface area contributed by atoms with Gasteiger partial charge in [0.2, 0.25) is 0 Å². The Balaban J connectivity index is 2.36. The van der Waals surface area contributed by atoms with E-state index in [1.54, 1.807) is 11.3 Å². The van der Waals surface area contributed by atoms with Crippen LogP contribution in [0.2, 0.25) is 0 Å². The minimum absolute atomic E-state index is 0.207. The van der Waals surface area contributed by atoms with Crippen LogP contribution in [0.25, 0.3) is 0 Å². The zero-order valence-electron chi connectivity index (χ0n) is 11.6. The SMILES string of the molecule is CCCNC(c1cscc1Br)c1cc(CC)nn1C. The number of nitrogens with zero attached hydrogens (tertiary/aromatic N) is 2. The molecule has 0 aliphatic heterocycles. The Morgan fingerprint density at radius 3 is 2.74 bits per heavy atom. The van der Waals surface area contributed by atoms with E-state index in [0.29, 0.717) is 0 Å². The van der Waals surface area contributed by atoms with Crippen molar-refractivity contribution < 1.29 is 0 Å². The summed E-state index contributed by atoms with van der Waals surface area (Å²) in [6.45, 7) is 5.33. The van der Waals surface area contributed by atoms with Gasteiger partial charge in [-0.3, -0.25) is 4.68 Å². The number of thiophene rings is 1. The summed E-state index contributed by atoms with van der Waals surface area (Å²) in [6, 6.07) is 2.41. The molecule has 2 aromatic rings. The van der Waals surface area contributed by atoms with E-state index in [1.165, 1.54) is 15.7 Å². The van der Waals surface area contributed by atoms with E-state index < -0.39 is 0 Å². The highest BCUT2D eigenvalue weighted by Crippen LogP contribution is 2.31. The average molecular weight is 342 g/mol. The van der Waals surface area contributed by atoms with Gasteiger partial charge in [-0.05, 0) is 52.3 Å². The lowest BCUT2D eigenvalue weighted by Crippen LogP contribution is -2.25. The number of aromatic nitrogens is 2. The second kappa shape index (κ2) is 6.68. The molecule has 1 N–H and O–H groups in total. The van der Waals surface area contributed by atoms with E-state index in [4.69, 9.17) is 0 Å². The van der Waals surface area contributed by atoms with Crippen LogP contribution in [0.4, 0.5) is 0 Å². The third-order valence-electron chi connectivity index (χ3n) is 3.18. The largest absolute Gasteiger partial charge is 0.305 e. The van der Waals surface area contributed by atoms with E-state index in [2.05, 4.69) is 57.0 Å². The maximum absolute atomic E-state index is 4.56. The van der Waals surface area contributed by atoms with Crippen LogP contribution in [0, 0.1) is 0 Å². The van der Waals surface area contributed by atoms with Crippen molar-refractivity contribution in [3.63, 3.8) is 0 Å².